The largest absolute Gasteiger partial charge is 0.350 e. The van der Waals surface area contributed by atoms with Crippen LogP contribution in [-0.2, 0) is 4.79 Å². The van der Waals surface area contributed by atoms with Crippen LogP contribution in [0.25, 0.3) is 0 Å². The van der Waals surface area contributed by atoms with Crippen LogP contribution in [0.4, 0.5) is 4.79 Å². The molecule has 0 spiro atoms. The molecule has 1 aromatic rings. The maximum atomic E-state index is 12.1. The minimum atomic E-state index is -0.778. The second kappa shape index (κ2) is 6.64. The number of hydrogen-bond donors (Lipinski definition) is 3. The first-order valence-electron chi connectivity index (χ1n) is 5.96. The van der Waals surface area contributed by atoms with Crippen LogP contribution in [0.2, 0.25) is 0 Å². The number of urea groups is 1. The van der Waals surface area contributed by atoms with E-state index in [4.69, 9.17) is 5.73 Å². The number of hydrazine groups is 1. The van der Waals surface area contributed by atoms with Gasteiger partial charge in [0.25, 0.3) is 0 Å². The molecule has 0 aliphatic heterocycles. The average molecular weight is 249 g/mol. The first-order valence-corrected chi connectivity index (χ1v) is 5.96. The minimum Gasteiger partial charge on any atom is -0.350 e. The number of carbonyl (C=O) groups excluding carboxylic acids is 2. The van der Waals surface area contributed by atoms with Crippen molar-refractivity contribution in [3.8, 4) is 0 Å². The van der Waals surface area contributed by atoms with Crippen molar-refractivity contribution in [3.05, 3.63) is 35.9 Å². The molecule has 5 nitrogen and oxygen atoms in total. The van der Waals surface area contributed by atoms with E-state index in [-0.39, 0.29) is 17.7 Å². The molecule has 18 heavy (non-hydrogen) atoms. The van der Waals surface area contributed by atoms with Crippen molar-refractivity contribution in [2.75, 3.05) is 0 Å². The number of rotatable bonds is 4. The van der Waals surface area contributed by atoms with Gasteiger partial charge in [-0.3, -0.25) is 10.2 Å². The van der Waals surface area contributed by atoms with Crippen molar-refractivity contribution >= 4 is 11.9 Å². The molecule has 0 radical (unpaired) electrons. The predicted octanol–water partition coefficient (Wildman–Crippen LogP) is 1.52. The van der Waals surface area contributed by atoms with Gasteiger partial charge in [-0.15, -0.1) is 0 Å². The van der Waals surface area contributed by atoms with E-state index >= 15 is 0 Å². The van der Waals surface area contributed by atoms with Gasteiger partial charge in [-0.1, -0.05) is 50.6 Å². The van der Waals surface area contributed by atoms with Gasteiger partial charge in [0.05, 0.1) is 5.92 Å². The van der Waals surface area contributed by atoms with Crippen molar-refractivity contribution in [2.45, 2.75) is 26.2 Å². The number of carbonyl (C=O) groups is 2. The fourth-order valence-electron chi connectivity index (χ4n) is 1.84. The summed E-state index contributed by atoms with van der Waals surface area (Å²) < 4.78 is 0. The molecule has 0 saturated carbocycles. The van der Waals surface area contributed by atoms with Crippen LogP contribution in [0.1, 0.15) is 31.7 Å². The molecule has 98 valence electrons. The summed E-state index contributed by atoms with van der Waals surface area (Å²) in [7, 11) is 0. The van der Waals surface area contributed by atoms with E-state index in [0.717, 1.165) is 12.0 Å². The topological polar surface area (TPSA) is 84.2 Å². The molecule has 0 aliphatic rings. The van der Waals surface area contributed by atoms with Crippen LogP contribution in [0.15, 0.2) is 30.3 Å². The van der Waals surface area contributed by atoms with Gasteiger partial charge < -0.3 is 5.73 Å². The monoisotopic (exact) mass is 249 g/mol. The normalized spacial score (nSPS) is 13.4. The van der Waals surface area contributed by atoms with Gasteiger partial charge in [0.1, 0.15) is 0 Å². The van der Waals surface area contributed by atoms with Crippen LogP contribution >= 0.6 is 0 Å². The van der Waals surface area contributed by atoms with Gasteiger partial charge in [0.2, 0.25) is 5.91 Å². The molecular formula is C13H19N3O2. The third kappa shape index (κ3) is 3.76. The molecule has 0 saturated heterocycles. The molecule has 1 aromatic carbocycles. The molecule has 5 heteroatoms. The fraction of sp³-hybridized carbons (Fsp3) is 0.385. The van der Waals surface area contributed by atoms with Crippen molar-refractivity contribution < 1.29 is 9.59 Å². The standard InChI is InChI=1S/C13H19N3O2/c1-3-9(2)11(10-7-5-4-6-8-10)12(17)15-16-13(14)18/h4-9,11H,3H2,1-2H3,(H,15,17)(H3,14,16,18). The zero-order valence-corrected chi connectivity index (χ0v) is 10.6. The van der Waals surface area contributed by atoms with E-state index < -0.39 is 6.03 Å². The SMILES string of the molecule is CCC(C)C(C(=O)NNC(N)=O)c1ccccc1. The van der Waals surface area contributed by atoms with Crippen molar-refractivity contribution in [1.29, 1.82) is 0 Å². The summed E-state index contributed by atoms with van der Waals surface area (Å²) in [6, 6.07) is 8.70. The first kappa shape index (κ1) is 14.0. The highest BCUT2D eigenvalue weighted by Crippen LogP contribution is 2.26. The lowest BCUT2D eigenvalue weighted by Gasteiger charge is -2.22. The van der Waals surface area contributed by atoms with Gasteiger partial charge >= 0.3 is 6.03 Å². The van der Waals surface area contributed by atoms with E-state index in [1.54, 1.807) is 0 Å². The van der Waals surface area contributed by atoms with E-state index in [1.807, 2.05) is 44.2 Å². The van der Waals surface area contributed by atoms with E-state index in [1.165, 1.54) is 0 Å². The molecule has 0 aromatic heterocycles. The highest BCUT2D eigenvalue weighted by atomic mass is 16.2. The number of nitrogens with two attached hydrogens (primary N) is 1. The zero-order valence-electron chi connectivity index (χ0n) is 10.6. The summed E-state index contributed by atoms with van der Waals surface area (Å²) in [5.41, 5.74) is 10.3. The fourth-order valence-corrected chi connectivity index (χ4v) is 1.84. The van der Waals surface area contributed by atoms with Crippen molar-refractivity contribution in [3.63, 3.8) is 0 Å². The molecule has 1 rings (SSSR count). The van der Waals surface area contributed by atoms with E-state index in [0.29, 0.717) is 0 Å². The van der Waals surface area contributed by atoms with Gasteiger partial charge in [0, 0.05) is 0 Å². The van der Waals surface area contributed by atoms with Crippen LogP contribution in [-0.4, -0.2) is 11.9 Å². The Morgan fingerprint density at radius 2 is 1.83 bits per heavy atom. The summed E-state index contributed by atoms with van der Waals surface area (Å²) in [4.78, 5) is 22.7. The molecule has 0 fully saturated rings. The molecule has 0 heterocycles. The van der Waals surface area contributed by atoms with Crippen molar-refractivity contribution in [1.82, 2.24) is 10.9 Å². The summed E-state index contributed by atoms with van der Waals surface area (Å²) in [6.45, 7) is 4.02. The third-order valence-corrected chi connectivity index (χ3v) is 2.96. The zero-order chi connectivity index (χ0) is 13.5. The van der Waals surface area contributed by atoms with Crippen LogP contribution in [0, 0.1) is 5.92 Å². The Bertz CT molecular complexity index is 406. The molecule has 2 unspecified atom stereocenters. The number of amides is 3. The average Bonchev–Trinajstić information content (AvgIpc) is 2.37. The number of hydrogen-bond acceptors (Lipinski definition) is 2. The Morgan fingerprint density at radius 1 is 1.22 bits per heavy atom. The Kier molecular flexibility index (Phi) is 5.17. The van der Waals surface area contributed by atoms with Gasteiger partial charge in [-0.25, -0.2) is 10.2 Å². The maximum Gasteiger partial charge on any atom is 0.330 e. The highest BCUT2D eigenvalue weighted by Gasteiger charge is 2.25. The summed E-state index contributed by atoms with van der Waals surface area (Å²) in [6.07, 6.45) is 0.865. The Balaban J connectivity index is 2.85. The second-order valence-electron chi connectivity index (χ2n) is 4.25. The van der Waals surface area contributed by atoms with E-state index in [9.17, 15) is 9.59 Å². The first-order chi connectivity index (χ1) is 8.56. The smallest absolute Gasteiger partial charge is 0.330 e. The molecule has 0 aliphatic carbocycles. The molecular weight excluding hydrogens is 230 g/mol. The third-order valence-electron chi connectivity index (χ3n) is 2.96. The minimum absolute atomic E-state index is 0.169. The molecule has 2 atom stereocenters. The summed E-state index contributed by atoms with van der Waals surface area (Å²) in [5, 5.41) is 0. The van der Waals surface area contributed by atoms with Crippen LogP contribution in [0.3, 0.4) is 0 Å². The summed E-state index contributed by atoms with van der Waals surface area (Å²) in [5.74, 6) is -0.389. The summed E-state index contributed by atoms with van der Waals surface area (Å²) >= 11 is 0. The van der Waals surface area contributed by atoms with Gasteiger partial charge in [-0.2, -0.15) is 0 Å². The van der Waals surface area contributed by atoms with Gasteiger partial charge in [-0.05, 0) is 11.5 Å². The molecule has 0 bridgehead atoms. The molecule has 3 amide bonds. The Morgan fingerprint density at radius 3 is 2.33 bits per heavy atom. The van der Waals surface area contributed by atoms with Crippen LogP contribution in [0.5, 0.6) is 0 Å². The number of nitrogens with one attached hydrogen (secondary N) is 2. The lowest BCUT2D eigenvalue weighted by atomic mass is 9.85. The quantitative estimate of drug-likeness (QED) is 0.707. The van der Waals surface area contributed by atoms with Crippen LogP contribution < -0.4 is 16.6 Å². The predicted molar refractivity (Wildman–Crippen MR) is 69.5 cm³/mol. The van der Waals surface area contributed by atoms with Gasteiger partial charge in [0.15, 0.2) is 0 Å². The second-order valence-corrected chi connectivity index (χ2v) is 4.25. The lowest BCUT2D eigenvalue weighted by Crippen LogP contribution is -2.47. The van der Waals surface area contributed by atoms with E-state index in [2.05, 4.69) is 10.9 Å². The Labute approximate surface area is 107 Å². The van der Waals surface area contributed by atoms with Crippen molar-refractivity contribution in [2.24, 2.45) is 11.7 Å². The Hall–Kier alpha value is -2.04. The highest BCUT2D eigenvalue weighted by molar-refractivity contribution is 5.86. The number of primary amides is 1. The lowest BCUT2D eigenvalue weighted by molar-refractivity contribution is -0.124. The maximum absolute atomic E-state index is 12.1. The molecule has 4 N–H and O–H groups in total. The number of benzene rings is 1.